The minimum absolute atomic E-state index is 0.0203. The van der Waals surface area contributed by atoms with Gasteiger partial charge < -0.3 is 5.11 Å². The second kappa shape index (κ2) is 3.56. The van der Waals surface area contributed by atoms with Gasteiger partial charge in [-0.3, -0.25) is 4.79 Å². The molecule has 0 radical (unpaired) electrons. The van der Waals surface area contributed by atoms with Gasteiger partial charge in [-0.2, -0.15) is 0 Å². The summed E-state index contributed by atoms with van der Waals surface area (Å²) in [5.41, 5.74) is 0.193. The zero-order valence-corrected chi connectivity index (χ0v) is 9.76. The maximum Gasteiger partial charge on any atom is 0.306 e. The summed E-state index contributed by atoms with van der Waals surface area (Å²) in [6.45, 7) is 8.45. The van der Waals surface area contributed by atoms with Crippen molar-refractivity contribution in [2.24, 2.45) is 16.7 Å². The number of carboxylic acid groups (broad SMARTS) is 1. The highest BCUT2D eigenvalue weighted by Gasteiger charge is 2.52. The van der Waals surface area contributed by atoms with Crippen LogP contribution < -0.4 is 0 Å². The maximum atomic E-state index is 11.1. The van der Waals surface area contributed by atoms with E-state index >= 15 is 0 Å². The highest BCUT2D eigenvalue weighted by atomic mass is 16.4. The van der Waals surface area contributed by atoms with E-state index in [0.29, 0.717) is 0 Å². The molecule has 2 nitrogen and oxygen atoms in total. The first-order valence-corrected chi connectivity index (χ1v) is 5.60. The molecule has 1 aliphatic carbocycles. The molecule has 0 aromatic carbocycles. The fourth-order valence-corrected chi connectivity index (χ4v) is 3.03. The molecule has 1 saturated carbocycles. The third-order valence-corrected chi connectivity index (χ3v) is 4.91. The highest BCUT2D eigenvalue weighted by molar-refractivity contribution is 5.70. The second-order valence-electron chi connectivity index (χ2n) is 5.25. The molecule has 0 amide bonds. The largest absolute Gasteiger partial charge is 0.481 e. The van der Waals surface area contributed by atoms with Gasteiger partial charge in [0, 0.05) is 0 Å². The molecule has 82 valence electrons. The van der Waals surface area contributed by atoms with Crippen molar-refractivity contribution in [3.8, 4) is 0 Å². The average molecular weight is 198 g/mol. The summed E-state index contributed by atoms with van der Waals surface area (Å²) in [5, 5.41) is 9.14. The van der Waals surface area contributed by atoms with E-state index in [4.69, 9.17) is 5.11 Å². The van der Waals surface area contributed by atoms with Gasteiger partial charge in [-0.15, -0.1) is 0 Å². The lowest BCUT2D eigenvalue weighted by molar-refractivity contribution is -0.148. The van der Waals surface area contributed by atoms with Crippen LogP contribution in [0.4, 0.5) is 0 Å². The molecule has 3 atom stereocenters. The summed E-state index contributed by atoms with van der Waals surface area (Å²) in [4.78, 5) is 11.1. The van der Waals surface area contributed by atoms with Crippen LogP contribution in [0.15, 0.2) is 0 Å². The molecule has 1 N–H and O–H groups in total. The Kier molecular flexibility index (Phi) is 2.93. The van der Waals surface area contributed by atoms with E-state index in [2.05, 4.69) is 20.8 Å². The smallest absolute Gasteiger partial charge is 0.306 e. The topological polar surface area (TPSA) is 37.3 Å². The molecular formula is C12H22O2. The van der Waals surface area contributed by atoms with Crippen LogP contribution in [0, 0.1) is 16.7 Å². The Morgan fingerprint density at radius 3 is 2.43 bits per heavy atom. The van der Waals surface area contributed by atoms with E-state index in [0.717, 1.165) is 12.8 Å². The van der Waals surface area contributed by atoms with Crippen LogP contribution >= 0.6 is 0 Å². The molecule has 1 aliphatic rings. The number of hydrogen-bond donors (Lipinski definition) is 1. The van der Waals surface area contributed by atoms with E-state index in [9.17, 15) is 4.79 Å². The van der Waals surface area contributed by atoms with Crippen LogP contribution in [0.5, 0.6) is 0 Å². The number of carbonyl (C=O) groups is 1. The van der Waals surface area contributed by atoms with Crippen molar-refractivity contribution in [3.05, 3.63) is 0 Å². The van der Waals surface area contributed by atoms with E-state index < -0.39 is 5.97 Å². The van der Waals surface area contributed by atoms with Gasteiger partial charge in [0.2, 0.25) is 0 Å². The van der Waals surface area contributed by atoms with Crippen molar-refractivity contribution in [1.82, 2.24) is 0 Å². The molecule has 3 unspecified atom stereocenters. The predicted molar refractivity (Wildman–Crippen MR) is 57.2 cm³/mol. The second-order valence-corrected chi connectivity index (χ2v) is 5.25. The number of rotatable bonds is 3. The number of carboxylic acids is 1. The first-order valence-electron chi connectivity index (χ1n) is 5.60. The SMILES string of the molecule is CCC1(C)CCCC1(C)C(C)C(=O)O. The van der Waals surface area contributed by atoms with Gasteiger partial charge in [0.1, 0.15) is 0 Å². The summed E-state index contributed by atoms with van der Waals surface area (Å²) in [6.07, 6.45) is 4.50. The Bertz CT molecular complexity index is 236. The molecule has 0 aliphatic heterocycles. The van der Waals surface area contributed by atoms with Crippen LogP contribution in [0.1, 0.15) is 53.4 Å². The van der Waals surface area contributed by atoms with Gasteiger partial charge >= 0.3 is 5.97 Å². The molecular weight excluding hydrogens is 176 g/mol. The van der Waals surface area contributed by atoms with Gasteiger partial charge in [-0.1, -0.05) is 40.5 Å². The van der Waals surface area contributed by atoms with Gasteiger partial charge in [-0.05, 0) is 23.7 Å². The third-order valence-electron chi connectivity index (χ3n) is 4.91. The van der Waals surface area contributed by atoms with Crippen molar-refractivity contribution < 1.29 is 9.90 Å². The lowest BCUT2D eigenvalue weighted by atomic mass is 9.60. The van der Waals surface area contributed by atoms with Crippen LogP contribution in [-0.4, -0.2) is 11.1 Å². The summed E-state index contributed by atoms with van der Waals surface area (Å²) in [7, 11) is 0. The van der Waals surface area contributed by atoms with Crippen molar-refractivity contribution in [2.75, 3.05) is 0 Å². The van der Waals surface area contributed by atoms with Crippen molar-refractivity contribution >= 4 is 5.97 Å². The molecule has 1 fully saturated rings. The zero-order valence-electron chi connectivity index (χ0n) is 9.76. The predicted octanol–water partition coefficient (Wildman–Crippen LogP) is 3.31. The van der Waals surface area contributed by atoms with Gasteiger partial charge in [-0.25, -0.2) is 0 Å². The summed E-state index contributed by atoms with van der Waals surface area (Å²) in [6, 6.07) is 0. The Labute approximate surface area is 86.7 Å². The highest BCUT2D eigenvalue weighted by Crippen LogP contribution is 2.58. The normalized spacial score (nSPS) is 39.7. The van der Waals surface area contributed by atoms with Crippen LogP contribution in [0.2, 0.25) is 0 Å². The van der Waals surface area contributed by atoms with Crippen molar-refractivity contribution in [2.45, 2.75) is 53.4 Å². The number of aliphatic carboxylic acids is 1. The minimum atomic E-state index is -0.644. The lowest BCUT2D eigenvalue weighted by Gasteiger charge is -2.43. The van der Waals surface area contributed by atoms with Crippen LogP contribution in [-0.2, 0) is 4.79 Å². The van der Waals surface area contributed by atoms with Crippen LogP contribution in [0.3, 0.4) is 0 Å². The molecule has 2 heteroatoms. The Morgan fingerprint density at radius 2 is 2.00 bits per heavy atom. The molecule has 1 rings (SSSR count). The monoisotopic (exact) mass is 198 g/mol. The van der Waals surface area contributed by atoms with E-state index in [-0.39, 0.29) is 16.7 Å². The molecule has 0 heterocycles. The summed E-state index contributed by atoms with van der Waals surface area (Å²) < 4.78 is 0. The third kappa shape index (κ3) is 1.45. The van der Waals surface area contributed by atoms with Gasteiger partial charge in [0.15, 0.2) is 0 Å². The van der Waals surface area contributed by atoms with Crippen LogP contribution in [0.25, 0.3) is 0 Å². The lowest BCUT2D eigenvalue weighted by Crippen LogP contribution is -2.41. The molecule has 0 saturated heterocycles. The van der Waals surface area contributed by atoms with Crippen molar-refractivity contribution in [3.63, 3.8) is 0 Å². The van der Waals surface area contributed by atoms with E-state index in [1.807, 2.05) is 6.92 Å². The maximum absolute atomic E-state index is 11.1. The minimum Gasteiger partial charge on any atom is -0.481 e. The number of hydrogen-bond acceptors (Lipinski definition) is 1. The average Bonchev–Trinajstić information content (AvgIpc) is 2.44. The molecule has 0 bridgehead atoms. The molecule has 0 aromatic rings. The first kappa shape index (κ1) is 11.5. The molecule has 14 heavy (non-hydrogen) atoms. The Balaban J connectivity index is 2.97. The van der Waals surface area contributed by atoms with Gasteiger partial charge in [0.05, 0.1) is 5.92 Å². The fourth-order valence-electron chi connectivity index (χ4n) is 3.03. The standard InChI is InChI=1S/C12H22O2/c1-5-11(3)7-6-8-12(11,4)9(2)10(13)14/h9H,5-8H2,1-4H3,(H,13,14). The molecule has 0 spiro atoms. The summed E-state index contributed by atoms with van der Waals surface area (Å²) in [5.74, 6) is -0.871. The van der Waals surface area contributed by atoms with Gasteiger partial charge in [0.25, 0.3) is 0 Å². The van der Waals surface area contributed by atoms with E-state index in [1.54, 1.807) is 0 Å². The molecule has 0 aromatic heterocycles. The zero-order chi connectivity index (χ0) is 11.0. The first-order chi connectivity index (χ1) is 6.37. The fraction of sp³-hybridized carbons (Fsp3) is 0.917. The van der Waals surface area contributed by atoms with Crippen molar-refractivity contribution in [1.29, 1.82) is 0 Å². The summed E-state index contributed by atoms with van der Waals surface area (Å²) >= 11 is 0. The Hall–Kier alpha value is -0.530. The Morgan fingerprint density at radius 1 is 1.43 bits per heavy atom. The quantitative estimate of drug-likeness (QED) is 0.755. The van der Waals surface area contributed by atoms with E-state index in [1.165, 1.54) is 12.8 Å².